The lowest BCUT2D eigenvalue weighted by Crippen LogP contribution is -2.68. The van der Waals surface area contributed by atoms with Crippen LogP contribution in [-0.4, -0.2) is 86.1 Å². The summed E-state index contributed by atoms with van der Waals surface area (Å²) >= 11 is 0. The number of sulfonamides is 2. The van der Waals surface area contributed by atoms with Gasteiger partial charge in [-0.05, 0) is 50.1 Å². The van der Waals surface area contributed by atoms with Gasteiger partial charge in [-0.15, -0.1) is 0 Å². The number of carbonyl (C=O) groups excluding carboxylic acids is 1. The van der Waals surface area contributed by atoms with Crippen molar-refractivity contribution in [3.8, 4) is 0 Å². The number of benzene rings is 1. The lowest BCUT2D eigenvalue weighted by Gasteiger charge is -2.47. The third kappa shape index (κ3) is 6.19. The SMILES string of the molecule is CCN(C[C@H]1[C@@](C)(c2cc(NC(=O)c3ccc(F)cn3)ccc2F)NC(=N)N(C)S1(=O)=O)S(=O)(=O)CC1CCCO1. The minimum Gasteiger partial charge on any atom is -0.377 e. The molecule has 0 spiro atoms. The van der Waals surface area contributed by atoms with E-state index in [1.54, 1.807) is 6.92 Å². The topological polar surface area (TPSA) is 162 Å². The van der Waals surface area contributed by atoms with Gasteiger partial charge in [-0.2, -0.15) is 0 Å². The number of aromatic nitrogens is 1. The molecule has 0 bridgehead atoms. The quantitative estimate of drug-likeness (QED) is 0.385. The largest absolute Gasteiger partial charge is 0.377 e. The smallest absolute Gasteiger partial charge is 0.274 e. The van der Waals surface area contributed by atoms with Crippen molar-refractivity contribution >= 4 is 37.6 Å². The Hall–Kier alpha value is -3.21. The van der Waals surface area contributed by atoms with Crippen molar-refractivity contribution in [1.82, 2.24) is 18.9 Å². The normalized spacial score (nSPS) is 24.3. The van der Waals surface area contributed by atoms with Gasteiger partial charge in [0.05, 0.1) is 23.6 Å². The van der Waals surface area contributed by atoms with Gasteiger partial charge in [0.25, 0.3) is 5.91 Å². The second-order valence-corrected chi connectivity index (χ2v) is 14.2. The Morgan fingerprint density at radius 2 is 2.05 bits per heavy atom. The van der Waals surface area contributed by atoms with Crippen LogP contribution < -0.4 is 10.6 Å². The monoisotopic (exact) mass is 614 g/mol. The molecule has 224 valence electrons. The highest BCUT2D eigenvalue weighted by Crippen LogP contribution is 2.38. The number of nitrogens with one attached hydrogen (secondary N) is 3. The predicted molar refractivity (Wildman–Crippen MR) is 147 cm³/mol. The molecule has 1 unspecified atom stereocenters. The van der Waals surface area contributed by atoms with Crippen LogP contribution in [0, 0.1) is 17.0 Å². The molecule has 0 radical (unpaired) electrons. The first kappa shape index (κ1) is 30.7. The number of amides is 1. The second kappa shape index (κ2) is 11.6. The molecule has 3 atom stereocenters. The van der Waals surface area contributed by atoms with E-state index in [2.05, 4.69) is 15.6 Å². The van der Waals surface area contributed by atoms with Crippen molar-refractivity contribution in [2.75, 3.05) is 37.8 Å². The fraction of sp³-hybridized carbons (Fsp3) is 0.480. The molecular formula is C25H32F2N6O6S2. The Morgan fingerprint density at radius 1 is 1.32 bits per heavy atom. The summed E-state index contributed by atoms with van der Waals surface area (Å²) in [5.74, 6) is -3.07. The third-order valence-electron chi connectivity index (χ3n) is 7.36. The summed E-state index contributed by atoms with van der Waals surface area (Å²) in [7, 11) is -7.22. The summed E-state index contributed by atoms with van der Waals surface area (Å²) in [4.78, 5) is 16.4. The Morgan fingerprint density at radius 3 is 2.66 bits per heavy atom. The van der Waals surface area contributed by atoms with Crippen LogP contribution >= 0.6 is 0 Å². The molecule has 1 amide bonds. The first-order valence-electron chi connectivity index (χ1n) is 12.9. The fourth-order valence-corrected chi connectivity index (χ4v) is 8.62. The van der Waals surface area contributed by atoms with Crippen molar-refractivity contribution in [1.29, 1.82) is 5.41 Å². The van der Waals surface area contributed by atoms with Crippen LogP contribution in [0.2, 0.25) is 0 Å². The summed E-state index contributed by atoms with van der Waals surface area (Å²) in [6, 6.07) is 5.69. The minimum absolute atomic E-state index is 0.0540. The highest BCUT2D eigenvalue weighted by atomic mass is 32.2. The molecule has 3 heterocycles. The number of anilines is 1. The molecule has 16 heteroatoms. The summed E-state index contributed by atoms with van der Waals surface area (Å²) in [6.07, 6.45) is 1.64. The highest BCUT2D eigenvalue weighted by Gasteiger charge is 2.54. The van der Waals surface area contributed by atoms with Crippen LogP contribution in [0.5, 0.6) is 0 Å². The van der Waals surface area contributed by atoms with Crippen molar-refractivity contribution in [2.24, 2.45) is 0 Å². The molecule has 3 N–H and O–H groups in total. The van der Waals surface area contributed by atoms with Gasteiger partial charge in [0.1, 0.15) is 22.6 Å². The van der Waals surface area contributed by atoms with E-state index in [1.165, 1.54) is 19.1 Å². The first-order valence-corrected chi connectivity index (χ1v) is 16.0. The highest BCUT2D eigenvalue weighted by molar-refractivity contribution is 7.90. The molecule has 12 nitrogen and oxygen atoms in total. The molecule has 2 saturated heterocycles. The molecular weight excluding hydrogens is 582 g/mol. The maximum absolute atomic E-state index is 15.4. The second-order valence-electron chi connectivity index (χ2n) is 10.1. The molecule has 2 fully saturated rings. The van der Waals surface area contributed by atoms with E-state index >= 15 is 4.39 Å². The van der Waals surface area contributed by atoms with Gasteiger partial charge < -0.3 is 15.4 Å². The molecule has 0 saturated carbocycles. The van der Waals surface area contributed by atoms with E-state index in [-0.39, 0.29) is 29.2 Å². The molecule has 2 aromatic rings. The van der Waals surface area contributed by atoms with Crippen molar-refractivity contribution < 1.29 is 35.1 Å². The van der Waals surface area contributed by atoms with E-state index in [0.717, 1.165) is 42.2 Å². The van der Waals surface area contributed by atoms with Gasteiger partial charge in [0.2, 0.25) is 26.0 Å². The maximum Gasteiger partial charge on any atom is 0.274 e. The van der Waals surface area contributed by atoms with E-state index in [0.29, 0.717) is 17.3 Å². The first-order chi connectivity index (χ1) is 19.2. The molecule has 1 aromatic carbocycles. The number of halogens is 2. The number of ether oxygens (including phenoxy) is 1. The average molecular weight is 615 g/mol. The number of pyridine rings is 1. The van der Waals surface area contributed by atoms with Crippen molar-refractivity contribution in [3.05, 3.63) is 59.4 Å². The molecule has 2 aliphatic heterocycles. The number of rotatable bonds is 9. The summed E-state index contributed by atoms with van der Waals surface area (Å²) in [5, 5.41) is 12.0. The predicted octanol–water partition coefficient (Wildman–Crippen LogP) is 1.83. The Bertz CT molecular complexity index is 1530. The number of guanidine groups is 1. The fourth-order valence-electron chi connectivity index (χ4n) is 4.99. The van der Waals surface area contributed by atoms with E-state index in [4.69, 9.17) is 10.1 Å². The zero-order valence-corrected chi connectivity index (χ0v) is 24.4. The van der Waals surface area contributed by atoms with Gasteiger partial charge in [-0.1, -0.05) is 6.92 Å². The van der Waals surface area contributed by atoms with Crippen LogP contribution in [-0.2, 0) is 30.3 Å². The summed E-state index contributed by atoms with van der Waals surface area (Å²) < 4.78 is 89.9. The molecule has 41 heavy (non-hydrogen) atoms. The molecule has 2 aliphatic rings. The number of hydrogen-bond donors (Lipinski definition) is 3. The lowest BCUT2D eigenvalue weighted by molar-refractivity contribution is 0.102. The van der Waals surface area contributed by atoms with Gasteiger partial charge >= 0.3 is 0 Å². The molecule has 1 aromatic heterocycles. The Balaban J connectivity index is 1.72. The van der Waals surface area contributed by atoms with Gasteiger partial charge in [-0.3, -0.25) is 10.2 Å². The zero-order valence-electron chi connectivity index (χ0n) is 22.7. The van der Waals surface area contributed by atoms with Crippen LogP contribution in [0.1, 0.15) is 42.7 Å². The lowest BCUT2D eigenvalue weighted by atomic mass is 9.87. The zero-order chi connectivity index (χ0) is 30.2. The average Bonchev–Trinajstić information content (AvgIpc) is 3.41. The van der Waals surface area contributed by atoms with Crippen LogP contribution in [0.25, 0.3) is 0 Å². The van der Waals surface area contributed by atoms with E-state index < -0.39 is 67.0 Å². The molecule has 4 rings (SSSR count). The number of nitrogens with zero attached hydrogens (tertiary/aromatic N) is 3. The van der Waals surface area contributed by atoms with Crippen molar-refractivity contribution in [3.63, 3.8) is 0 Å². The Labute approximate surface area is 237 Å². The summed E-state index contributed by atoms with van der Waals surface area (Å²) in [6.45, 7) is 2.79. The summed E-state index contributed by atoms with van der Waals surface area (Å²) in [5.41, 5.74) is -2.10. The van der Waals surface area contributed by atoms with Gasteiger partial charge in [0, 0.05) is 38.0 Å². The van der Waals surface area contributed by atoms with Crippen LogP contribution in [0.4, 0.5) is 14.5 Å². The maximum atomic E-state index is 15.4. The van der Waals surface area contributed by atoms with Crippen LogP contribution in [0.3, 0.4) is 0 Å². The van der Waals surface area contributed by atoms with Crippen molar-refractivity contribution in [2.45, 2.75) is 43.6 Å². The minimum atomic E-state index is -4.39. The van der Waals surface area contributed by atoms with Gasteiger partial charge in [0.15, 0.2) is 0 Å². The number of hydrogen-bond acceptors (Lipinski definition) is 8. The standard InChI is InChI=1S/C25H32F2N6O6S2/c1-4-33(40(35,36)15-18-6-5-11-39-18)14-22-25(2,31-24(28)32(3)41(22,37)38)19-12-17(8-9-20(19)27)30-23(34)21-10-7-16(26)13-29-21/h7-10,12-13,18,22H,4-6,11,14-15H2,1-3H3,(H2,28,31)(H,30,34)/t18?,22-,25+/m0/s1. The van der Waals surface area contributed by atoms with E-state index in [9.17, 15) is 26.0 Å². The van der Waals surface area contributed by atoms with E-state index in [1.807, 2.05) is 0 Å². The third-order valence-corrected chi connectivity index (χ3v) is 11.6. The van der Waals surface area contributed by atoms with Crippen LogP contribution in [0.15, 0.2) is 36.5 Å². The molecule has 0 aliphatic carbocycles. The Kier molecular flexibility index (Phi) is 8.68. The number of carbonyl (C=O) groups is 1. The van der Waals surface area contributed by atoms with Gasteiger partial charge in [-0.25, -0.2) is 39.2 Å².